The Balaban J connectivity index is 1.79. The molecule has 3 N–H and O–H groups in total. The molecule has 0 spiro atoms. The summed E-state index contributed by atoms with van der Waals surface area (Å²) < 4.78 is 2.13. The van der Waals surface area contributed by atoms with Crippen LogP contribution in [0.3, 0.4) is 0 Å². The van der Waals surface area contributed by atoms with Crippen LogP contribution >= 0.6 is 0 Å². The fourth-order valence-corrected chi connectivity index (χ4v) is 2.71. The average Bonchev–Trinajstić information content (AvgIpc) is 3.03. The van der Waals surface area contributed by atoms with E-state index in [1.165, 1.54) is 5.56 Å². The van der Waals surface area contributed by atoms with Crippen molar-refractivity contribution in [3.63, 3.8) is 0 Å². The molecule has 0 aliphatic heterocycles. The summed E-state index contributed by atoms with van der Waals surface area (Å²) in [4.78, 5) is 4.74. The zero-order valence-electron chi connectivity index (χ0n) is 12.0. The topological polar surface area (TPSA) is 55.3 Å². The lowest BCUT2D eigenvalue weighted by atomic mass is 10.2. The van der Waals surface area contributed by atoms with E-state index in [4.69, 9.17) is 10.7 Å². The number of aromatic nitrogens is 2. The maximum atomic E-state index is 5.89. The molecule has 0 bridgehead atoms. The highest BCUT2D eigenvalue weighted by atomic mass is 15.0. The summed E-state index contributed by atoms with van der Waals surface area (Å²) in [5.74, 6) is 0.868. The van der Waals surface area contributed by atoms with Crippen molar-refractivity contribution in [2.45, 2.75) is 6.54 Å². The Labute approximate surface area is 128 Å². The highest BCUT2D eigenvalue weighted by molar-refractivity contribution is 5.86. The van der Waals surface area contributed by atoms with Crippen LogP contribution in [0.25, 0.3) is 16.6 Å². The van der Waals surface area contributed by atoms with E-state index < -0.39 is 0 Å². The van der Waals surface area contributed by atoms with Crippen LogP contribution in [0, 0.1) is 0 Å². The molecule has 0 aliphatic rings. The molecule has 2 aromatic heterocycles. The summed E-state index contributed by atoms with van der Waals surface area (Å²) >= 11 is 0. The van der Waals surface area contributed by atoms with Crippen LogP contribution in [0.15, 0.2) is 66.9 Å². The van der Waals surface area contributed by atoms with Gasteiger partial charge < -0.3 is 15.5 Å². The van der Waals surface area contributed by atoms with Gasteiger partial charge in [0.05, 0.1) is 16.6 Å². The standard InChI is InChI=1S/C18H16N4/c19-14-8-9-16-15(11-14)21-18(17-7-4-10-22(16)17)20-12-13-5-2-1-3-6-13/h1-11H,12,19H2,(H,20,21). The number of hydrogen-bond acceptors (Lipinski definition) is 3. The monoisotopic (exact) mass is 288 g/mol. The van der Waals surface area contributed by atoms with Crippen LogP contribution in [0.2, 0.25) is 0 Å². The number of fused-ring (bicyclic) bond motifs is 3. The fourth-order valence-electron chi connectivity index (χ4n) is 2.71. The van der Waals surface area contributed by atoms with Crippen molar-refractivity contribution in [3.05, 3.63) is 72.4 Å². The summed E-state index contributed by atoms with van der Waals surface area (Å²) in [5.41, 5.74) is 10.8. The van der Waals surface area contributed by atoms with Crippen LogP contribution in [0.1, 0.15) is 5.56 Å². The first-order chi connectivity index (χ1) is 10.8. The minimum atomic E-state index is 0.723. The van der Waals surface area contributed by atoms with Crippen molar-refractivity contribution in [1.29, 1.82) is 0 Å². The number of anilines is 2. The number of hydrogen-bond donors (Lipinski definition) is 2. The molecule has 108 valence electrons. The Bertz CT molecular complexity index is 941. The van der Waals surface area contributed by atoms with E-state index in [1.54, 1.807) is 0 Å². The van der Waals surface area contributed by atoms with Gasteiger partial charge in [-0.3, -0.25) is 0 Å². The van der Waals surface area contributed by atoms with Gasteiger partial charge in [0, 0.05) is 18.4 Å². The van der Waals surface area contributed by atoms with Crippen molar-refractivity contribution in [3.8, 4) is 0 Å². The Hall–Kier alpha value is -3.01. The molecular weight excluding hydrogens is 272 g/mol. The summed E-state index contributed by atoms with van der Waals surface area (Å²) in [5, 5.41) is 3.43. The lowest BCUT2D eigenvalue weighted by molar-refractivity contribution is 1.11. The summed E-state index contributed by atoms with van der Waals surface area (Å²) in [6.07, 6.45) is 2.04. The van der Waals surface area contributed by atoms with Crippen molar-refractivity contribution in [2.75, 3.05) is 11.1 Å². The number of nitrogen functional groups attached to an aromatic ring is 1. The Morgan fingerprint density at radius 2 is 1.82 bits per heavy atom. The van der Waals surface area contributed by atoms with E-state index in [9.17, 15) is 0 Å². The van der Waals surface area contributed by atoms with Gasteiger partial charge in [0.25, 0.3) is 0 Å². The quantitative estimate of drug-likeness (QED) is 0.565. The predicted molar refractivity (Wildman–Crippen MR) is 90.9 cm³/mol. The molecular formula is C18H16N4. The number of nitrogens with two attached hydrogens (primary N) is 1. The van der Waals surface area contributed by atoms with Crippen LogP contribution in [-0.2, 0) is 6.54 Å². The highest BCUT2D eigenvalue weighted by Gasteiger charge is 2.08. The van der Waals surface area contributed by atoms with Crippen LogP contribution < -0.4 is 11.1 Å². The summed E-state index contributed by atoms with van der Waals surface area (Å²) in [6, 6.07) is 20.2. The molecule has 2 aromatic carbocycles. The molecule has 4 heteroatoms. The second-order valence-electron chi connectivity index (χ2n) is 5.31. The number of nitrogens with one attached hydrogen (secondary N) is 1. The zero-order chi connectivity index (χ0) is 14.9. The second-order valence-corrected chi connectivity index (χ2v) is 5.31. The molecule has 4 rings (SSSR count). The Morgan fingerprint density at radius 1 is 0.955 bits per heavy atom. The van der Waals surface area contributed by atoms with Crippen molar-refractivity contribution < 1.29 is 0 Å². The summed E-state index contributed by atoms with van der Waals surface area (Å²) in [6.45, 7) is 0.739. The van der Waals surface area contributed by atoms with E-state index in [1.807, 2.05) is 48.7 Å². The molecule has 0 amide bonds. The van der Waals surface area contributed by atoms with Gasteiger partial charge in [0.1, 0.15) is 0 Å². The van der Waals surface area contributed by atoms with Gasteiger partial charge in [-0.15, -0.1) is 0 Å². The molecule has 0 saturated heterocycles. The minimum Gasteiger partial charge on any atom is -0.399 e. The molecule has 0 unspecified atom stereocenters. The minimum absolute atomic E-state index is 0.723. The van der Waals surface area contributed by atoms with Gasteiger partial charge in [-0.05, 0) is 35.9 Å². The van der Waals surface area contributed by atoms with Gasteiger partial charge in [-0.2, -0.15) is 0 Å². The maximum absolute atomic E-state index is 5.89. The molecule has 0 atom stereocenters. The van der Waals surface area contributed by atoms with Crippen LogP contribution in [-0.4, -0.2) is 9.38 Å². The number of nitrogens with zero attached hydrogens (tertiary/aromatic N) is 2. The molecule has 2 heterocycles. The maximum Gasteiger partial charge on any atom is 0.151 e. The van der Waals surface area contributed by atoms with E-state index in [0.29, 0.717) is 0 Å². The smallest absolute Gasteiger partial charge is 0.151 e. The molecule has 4 aromatic rings. The van der Waals surface area contributed by atoms with Gasteiger partial charge in [0.2, 0.25) is 0 Å². The first kappa shape index (κ1) is 12.7. The molecule has 0 aliphatic carbocycles. The van der Waals surface area contributed by atoms with Gasteiger partial charge in [-0.1, -0.05) is 30.3 Å². The zero-order valence-corrected chi connectivity index (χ0v) is 12.0. The number of rotatable bonds is 3. The van der Waals surface area contributed by atoms with Crippen LogP contribution in [0.5, 0.6) is 0 Å². The van der Waals surface area contributed by atoms with E-state index >= 15 is 0 Å². The Morgan fingerprint density at radius 3 is 2.68 bits per heavy atom. The molecule has 0 radical (unpaired) electrons. The third-order valence-electron chi connectivity index (χ3n) is 3.79. The molecule has 0 fully saturated rings. The van der Waals surface area contributed by atoms with Crippen molar-refractivity contribution in [2.24, 2.45) is 0 Å². The van der Waals surface area contributed by atoms with Gasteiger partial charge in [-0.25, -0.2) is 4.98 Å². The first-order valence-electron chi connectivity index (χ1n) is 7.25. The second kappa shape index (κ2) is 5.07. The van der Waals surface area contributed by atoms with Gasteiger partial charge in [0.15, 0.2) is 5.82 Å². The SMILES string of the molecule is Nc1ccc2c(c1)nc(NCc1ccccc1)c1cccn12. The lowest BCUT2D eigenvalue weighted by Crippen LogP contribution is -2.04. The van der Waals surface area contributed by atoms with E-state index in [2.05, 4.69) is 27.9 Å². The van der Waals surface area contributed by atoms with Crippen molar-refractivity contribution >= 4 is 28.1 Å². The fraction of sp³-hybridized carbons (Fsp3) is 0.0556. The highest BCUT2D eigenvalue weighted by Crippen LogP contribution is 2.24. The molecule has 4 nitrogen and oxygen atoms in total. The summed E-state index contributed by atoms with van der Waals surface area (Å²) in [7, 11) is 0. The lowest BCUT2D eigenvalue weighted by Gasteiger charge is -2.11. The Kier molecular flexibility index (Phi) is 2.93. The van der Waals surface area contributed by atoms with Gasteiger partial charge >= 0.3 is 0 Å². The van der Waals surface area contributed by atoms with Crippen LogP contribution in [0.4, 0.5) is 11.5 Å². The molecule has 0 saturated carbocycles. The first-order valence-corrected chi connectivity index (χ1v) is 7.25. The molecule has 22 heavy (non-hydrogen) atoms. The third-order valence-corrected chi connectivity index (χ3v) is 3.79. The number of benzene rings is 2. The van der Waals surface area contributed by atoms with Crippen molar-refractivity contribution in [1.82, 2.24) is 9.38 Å². The average molecular weight is 288 g/mol. The largest absolute Gasteiger partial charge is 0.399 e. The normalized spacial score (nSPS) is 11.1. The van der Waals surface area contributed by atoms with E-state index in [0.717, 1.165) is 34.6 Å². The third kappa shape index (κ3) is 2.15. The predicted octanol–water partition coefficient (Wildman–Crippen LogP) is 3.68. The van der Waals surface area contributed by atoms with E-state index in [-0.39, 0.29) is 0 Å².